The monoisotopic (exact) mass is 282 g/mol. The molecule has 0 aliphatic carbocycles. The Balaban J connectivity index is 3.09. The number of rotatable bonds is 5. The van der Waals surface area contributed by atoms with Gasteiger partial charge in [-0.15, -0.1) is 0 Å². The van der Waals surface area contributed by atoms with Crippen LogP contribution in [-0.4, -0.2) is 21.5 Å². The van der Waals surface area contributed by atoms with Crippen molar-refractivity contribution < 1.29 is 8.42 Å². The van der Waals surface area contributed by atoms with Crippen LogP contribution in [0.5, 0.6) is 0 Å². The van der Waals surface area contributed by atoms with Crippen molar-refractivity contribution in [3.8, 4) is 6.07 Å². The molecule has 1 unspecified atom stereocenters. The van der Waals surface area contributed by atoms with Crippen LogP contribution in [0.2, 0.25) is 0 Å². The summed E-state index contributed by atoms with van der Waals surface area (Å²) in [6.45, 7) is 5.03. The highest BCUT2D eigenvalue weighted by molar-refractivity contribution is 7.89. The molecule has 19 heavy (non-hydrogen) atoms. The second kappa shape index (κ2) is 5.91. The van der Waals surface area contributed by atoms with Crippen LogP contribution in [0.1, 0.15) is 13.8 Å². The van der Waals surface area contributed by atoms with Crippen molar-refractivity contribution in [2.24, 2.45) is 11.1 Å². The van der Waals surface area contributed by atoms with Gasteiger partial charge in [-0.3, -0.25) is 0 Å². The second-order valence-electron chi connectivity index (χ2n) is 4.34. The van der Waals surface area contributed by atoms with Gasteiger partial charge in [0.1, 0.15) is 4.90 Å². The molecule has 0 aliphatic heterocycles. The number of primary sulfonamides is 1. The molecular formula is C12H18N4O2S. The molecule has 0 bridgehead atoms. The summed E-state index contributed by atoms with van der Waals surface area (Å²) < 4.78 is 22.5. The van der Waals surface area contributed by atoms with E-state index in [0.29, 0.717) is 13.1 Å². The van der Waals surface area contributed by atoms with Gasteiger partial charge in [-0.05, 0) is 32.0 Å². The van der Waals surface area contributed by atoms with E-state index < -0.39 is 10.0 Å². The third-order valence-corrected chi connectivity index (χ3v) is 3.75. The van der Waals surface area contributed by atoms with Crippen LogP contribution >= 0.6 is 0 Å². The van der Waals surface area contributed by atoms with Gasteiger partial charge in [-0.1, -0.05) is 0 Å². The van der Waals surface area contributed by atoms with Gasteiger partial charge in [0, 0.05) is 18.8 Å². The molecule has 1 aromatic rings. The van der Waals surface area contributed by atoms with E-state index in [2.05, 4.69) is 6.07 Å². The maximum Gasteiger partial charge on any atom is 0.240 e. The Hall–Kier alpha value is -1.78. The minimum atomic E-state index is -3.81. The van der Waals surface area contributed by atoms with Crippen LogP contribution in [0.15, 0.2) is 23.1 Å². The average molecular weight is 282 g/mol. The summed E-state index contributed by atoms with van der Waals surface area (Å²) in [5.41, 5.74) is 6.60. The van der Waals surface area contributed by atoms with Crippen molar-refractivity contribution >= 4 is 21.4 Å². The highest BCUT2D eigenvalue weighted by Gasteiger charge is 2.15. The third kappa shape index (κ3) is 3.84. The molecule has 0 saturated carbocycles. The lowest BCUT2D eigenvalue weighted by atomic mass is 10.1. The summed E-state index contributed by atoms with van der Waals surface area (Å²) in [5.74, 6) is -0.126. The molecular weight excluding hydrogens is 264 g/mol. The van der Waals surface area contributed by atoms with Crippen molar-refractivity contribution in [3.05, 3.63) is 18.2 Å². The largest absolute Gasteiger partial charge is 0.398 e. The number of hydrogen-bond acceptors (Lipinski definition) is 5. The summed E-state index contributed by atoms with van der Waals surface area (Å²) in [5, 5.41) is 13.9. The topological polar surface area (TPSA) is 113 Å². The predicted octanol–water partition coefficient (Wildman–Crippen LogP) is 0.902. The zero-order chi connectivity index (χ0) is 14.6. The number of anilines is 2. The first-order valence-corrected chi connectivity index (χ1v) is 7.41. The molecule has 0 heterocycles. The fourth-order valence-corrected chi connectivity index (χ4v) is 2.43. The van der Waals surface area contributed by atoms with E-state index in [9.17, 15) is 8.42 Å². The van der Waals surface area contributed by atoms with Crippen molar-refractivity contribution in [2.45, 2.75) is 18.7 Å². The Morgan fingerprint density at radius 3 is 2.53 bits per heavy atom. The van der Waals surface area contributed by atoms with Crippen LogP contribution in [0.25, 0.3) is 0 Å². The quantitative estimate of drug-likeness (QED) is 0.779. The summed E-state index contributed by atoms with van der Waals surface area (Å²) >= 11 is 0. The smallest absolute Gasteiger partial charge is 0.240 e. The van der Waals surface area contributed by atoms with Gasteiger partial charge < -0.3 is 10.6 Å². The molecule has 0 aromatic heterocycles. The average Bonchev–Trinajstić information content (AvgIpc) is 2.33. The molecule has 0 saturated heterocycles. The maximum absolute atomic E-state index is 11.3. The normalized spacial score (nSPS) is 12.7. The summed E-state index contributed by atoms with van der Waals surface area (Å²) in [4.78, 5) is 1.87. The molecule has 0 spiro atoms. The molecule has 0 radical (unpaired) electrons. The Kier molecular flexibility index (Phi) is 4.75. The first-order valence-electron chi connectivity index (χ1n) is 5.86. The van der Waals surface area contributed by atoms with Gasteiger partial charge in [0.25, 0.3) is 0 Å². The number of nitrogen functional groups attached to an aromatic ring is 1. The highest BCUT2D eigenvalue weighted by Crippen LogP contribution is 2.24. The Morgan fingerprint density at radius 1 is 1.47 bits per heavy atom. The molecule has 0 amide bonds. The number of nitrogens with two attached hydrogens (primary N) is 2. The van der Waals surface area contributed by atoms with Crippen molar-refractivity contribution in [2.75, 3.05) is 23.7 Å². The van der Waals surface area contributed by atoms with E-state index in [1.165, 1.54) is 6.07 Å². The zero-order valence-electron chi connectivity index (χ0n) is 11.0. The Bertz CT molecular complexity index is 592. The molecule has 104 valence electrons. The molecule has 0 aliphatic rings. The fraction of sp³-hybridized carbons (Fsp3) is 0.417. The summed E-state index contributed by atoms with van der Waals surface area (Å²) in [6, 6.07) is 6.75. The fourth-order valence-electron chi connectivity index (χ4n) is 1.78. The van der Waals surface area contributed by atoms with Gasteiger partial charge >= 0.3 is 0 Å². The molecule has 6 nitrogen and oxygen atoms in total. The number of benzene rings is 1. The Labute approximate surface area is 113 Å². The van der Waals surface area contributed by atoms with Gasteiger partial charge in [-0.25, -0.2) is 13.6 Å². The molecule has 1 atom stereocenters. The first-order chi connectivity index (χ1) is 8.79. The van der Waals surface area contributed by atoms with Crippen LogP contribution in [-0.2, 0) is 10.0 Å². The summed E-state index contributed by atoms with van der Waals surface area (Å²) in [6.07, 6.45) is 0. The van der Waals surface area contributed by atoms with E-state index in [0.717, 1.165) is 5.69 Å². The van der Waals surface area contributed by atoms with Crippen LogP contribution in [0.4, 0.5) is 11.4 Å². The number of nitrogens with zero attached hydrogens (tertiary/aromatic N) is 2. The maximum atomic E-state index is 11.3. The highest BCUT2D eigenvalue weighted by atomic mass is 32.2. The van der Waals surface area contributed by atoms with Crippen LogP contribution in [0.3, 0.4) is 0 Å². The zero-order valence-corrected chi connectivity index (χ0v) is 11.8. The van der Waals surface area contributed by atoms with E-state index in [1.54, 1.807) is 12.1 Å². The van der Waals surface area contributed by atoms with Crippen molar-refractivity contribution in [1.82, 2.24) is 0 Å². The SMILES string of the molecule is CCN(CC(C)C#N)c1ccc(S(N)(=O)=O)c(N)c1. The van der Waals surface area contributed by atoms with E-state index in [4.69, 9.17) is 16.1 Å². The lowest BCUT2D eigenvalue weighted by Crippen LogP contribution is -2.28. The third-order valence-electron chi connectivity index (χ3n) is 2.76. The lowest BCUT2D eigenvalue weighted by Gasteiger charge is -2.24. The standard InChI is InChI=1S/C12H18N4O2S/c1-3-16(8-9(2)7-13)10-4-5-12(11(14)6-10)19(15,17)18/h4-6,9H,3,8,14H2,1-2H3,(H2,15,17,18). The van der Waals surface area contributed by atoms with Crippen molar-refractivity contribution in [3.63, 3.8) is 0 Å². The van der Waals surface area contributed by atoms with Gasteiger partial charge in [0.15, 0.2) is 0 Å². The second-order valence-corrected chi connectivity index (χ2v) is 5.87. The van der Waals surface area contributed by atoms with Gasteiger partial charge in [0.05, 0.1) is 17.7 Å². The summed E-state index contributed by atoms with van der Waals surface area (Å²) in [7, 11) is -3.81. The number of hydrogen-bond donors (Lipinski definition) is 2. The minimum Gasteiger partial charge on any atom is -0.398 e. The van der Waals surface area contributed by atoms with Gasteiger partial charge in [0.2, 0.25) is 10.0 Å². The minimum absolute atomic E-state index is 0.0827. The molecule has 1 aromatic carbocycles. The molecule has 4 N–H and O–H groups in total. The molecule has 1 rings (SSSR count). The predicted molar refractivity (Wildman–Crippen MR) is 74.9 cm³/mol. The Morgan fingerprint density at radius 2 is 2.11 bits per heavy atom. The van der Waals surface area contributed by atoms with Gasteiger partial charge in [-0.2, -0.15) is 5.26 Å². The number of sulfonamides is 1. The first kappa shape index (κ1) is 15.3. The molecule has 0 fully saturated rings. The van der Waals surface area contributed by atoms with E-state index in [-0.39, 0.29) is 16.5 Å². The van der Waals surface area contributed by atoms with E-state index >= 15 is 0 Å². The molecule has 7 heteroatoms. The van der Waals surface area contributed by atoms with Crippen LogP contribution in [0, 0.1) is 17.2 Å². The number of nitriles is 1. The van der Waals surface area contributed by atoms with E-state index in [1.807, 2.05) is 18.7 Å². The lowest BCUT2D eigenvalue weighted by molar-refractivity contribution is 0.598. The van der Waals surface area contributed by atoms with Crippen LogP contribution < -0.4 is 15.8 Å². The van der Waals surface area contributed by atoms with Crippen molar-refractivity contribution in [1.29, 1.82) is 5.26 Å².